The average molecular weight is 294 g/mol. The van der Waals surface area contributed by atoms with Gasteiger partial charge in [0.1, 0.15) is 5.76 Å². The van der Waals surface area contributed by atoms with Crippen molar-refractivity contribution in [1.29, 1.82) is 0 Å². The van der Waals surface area contributed by atoms with Crippen molar-refractivity contribution >= 4 is 17.7 Å². The van der Waals surface area contributed by atoms with Crippen molar-refractivity contribution < 1.29 is 14.1 Å². The number of nitrogens with zero attached hydrogens (tertiary/aromatic N) is 2. The molecule has 6 heteroatoms. The van der Waals surface area contributed by atoms with E-state index in [2.05, 4.69) is 5.16 Å². The number of hydrogen-bond donors (Lipinski definition) is 0. The minimum Gasteiger partial charge on any atom is -0.381 e. The van der Waals surface area contributed by atoms with Crippen molar-refractivity contribution in [1.82, 2.24) is 10.1 Å². The van der Waals surface area contributed by atoms with Crippen LogP contribution < -0.4 is 0 Å². The second-order valence-electron chi connectivity index (χ2n) is 6.11. The number of thioether (sulfide) groups is 1. The number of ether oxygens (including phenoxy) is 1. The minimum atomic E-state index is 0.00717. The van der Waals surface area contributed by atoms with Crippen LogP contribution in [0, 0.1) is 0 Å². The lowest BCUT2D eigenvalue weighted by Crippen LogP contribution is -2.60. The summed E-state index contributed by atoms with van der Waals surface area (Å²) in [4.78, 5) is 14.2. The summed E-state index contributed by atoms with van der Waals surface area (Å²) in [7, 11) is 1.76. The third-order valence-corrected chi connectivity index (χ3v) is 6.06. The van der Waals surface area contributed by atoms with E-state index in [1.807, 2.05) is 22.7 Å². The van der Waals surface area contributed by atoms with Gasteiger partial charge < -0.3 is 14.2 Å². The summed E-state index contributed by atoms with van der Waals surface area (Å²) in [6.45, 7) is 1.62. The summed E-state index contributed by atoms with van der Waals surface area (Å²) in [6.07, 6.45) is 3.70. The van der Waals surface area contributed by atoms with E-state index in [4.69, 9.17) is 9.26 Å². The highest BCUT2D eigenvalue weighted by Gasteiger charge is 2.51. The summed E-state index contributed by atoms with van der Waals surface area (Å²) < 4.78 is 10.9. The van der Waals surface area contributed by atoms with Gasteiger partial charge in [0, 0.05) is 37.9 Å². The lowest BCUT2D eigenvalue weighted by Gasteiger charge is -2.47. The largest absolute Gasteiger partial charge is 0.381 e. The fourth-order valence-corrected chi connectivity index (χ4v) is 4.67. The second kappa shape index (κ2) is 4.49. The Kier molecular flexibility index (Phi) is 2.86. The first-order valence-electron chi connectivity index (χ1n) is 7.12. The molecule has 1 spiro atoms. The van der Waals surface area contributed by atoms with Gasteiger partial charge in [0.2, 0.25) is 0 Å². The maximum Gasteiger partial charge on any atom is 0.276 e. The Hall–Kier alpha value is -1.01. The van der Waals surface area contributed by atoms with Crippen molar-refractivity contribution in [3.63, 3.8) is 0 Å². The molecule has 1 unspecified atom stereocenters. The van der Waals surface area contributed by atoms with Gasteiger partial charge in [-0.15, -0.1) is 11.8 Å². The highest BCUT2D eigenvalue weighted by Crippen LogP contribution is 2.46. The van der Waals surface area contributed by atoms with Gasteiger partial charge in [-0.2, -0.15) is 0 Å². The maximum atomic E-state index is 12.3. The molecular weight excluding hydrogens is 276 g/mol. The monoisotopic (exact) mass is 294 g/mol. The number of methoxy groups -OCH3 is 1. The predicted molar refractivity (Wildman–Crippen MR) is 75.0 cm³/mol. The first kappa shape index (κ1) is 12.7. The molecule has 3 heterocycles. The van der Waals surface area contributed by atoms with E-state index in [-0.39, 0.29) is 10.7 Å². The first-order valence-corrected chi connectivity index (χ1v) is 8.10. The Morgan fingerprint density at radius 1 is 1.55 bits per heavy atom. The van der Waals surface area contributed by atoms with Crippen LogP contribution in [-0.2, 0) is 4.74 Å². The number of hydrogen-bond acceptors (Lipinski definition) is 5. The number of carbonyl (C=O) groups excluding carboxylic acids is 1. The average Bonchev–Trinajstić information content (AvgIpc) is 3.01. The molecule has 108 valence electrons. The molecule has 1 aromatic heterocycles. The van der Waals surface area contributed by atoms with Crippen LogP contribution in [0.5, 0.6) is 0 Å². The fraction of sp³-hybridized carbons (Fsp3) is 0.714. The SMILES string of the molecule is COC1CSC2(C1)CN(C(=O)c1cc(C3CC3)on1)C2. The van der Waals surface area contributed by atoms with Crippen LogP contribution in [0.1, 0.15) is 41.4 Å². The smallest absolute Gasteiger partial charge is 0.276 e. The Bertz CT molecular complexity index is 534. The second-order valence-corrected chi connectivity index (χ2v) is 7.59. The molecule has 1 aliphatic carbocycles. The number of aromatic nitrogens is 1. The fourth-order valence-electron chi connectivity index (χ4n) is 3.08. The van der Waals surface area contributed by atoms with Crippen LogP contribution in [0.3, 0.4) is 0 Å². The molecule has 1 aromatic rings. The van der Waals surface area contributed by atoms with Crippen molar-refractivity contribution in [3.8, 4) is 0 Å². The molecule has 1 amide bonds. The van der Waals surface area contributed by atoms with E-state index >= 15 is 0 Å². The molecular formula is C14H18N2O3S. The lowest BCUT2D eigenvalue weighted by atomic mass is 9.92. The maximum absolute atomic E-state index is 12.3. The van der Waals surface area contributed by atoms with Gasteiger partial charge in [-0.1, -0.05) is 5.16 Å². The van der Waals surface area contributed by atoms with Crippen molar-refractivity contribution in [2.45, 2.75) is 36.0 Å². The molecule has 0 aromatic carbocycles. The highest BCUT2D eigenvalue weighted by molar-refractivity contribution is 8.01. The standard InChI is InChI=1S/C14H18N2O3S/c1-18-10-5-14(20-6-10)7-16(8-14)13(17)11-4-12(19-15-11)9-2-3-9/h4,9-10H,2-3,5-8H2,1H3. The van der Waals surface area contributed by atoms with Gasteiger partial charge in [0.05, 0.1) is 10.9 Å². The zero-order valence-corrected chi connectivity index (χ0v) is 12.3. The molecule has 4 rings (SSSR count). The van der Waals surface area contributed by atoms with Gasteiger partial charge >= 0.3 is 0 Å². The van der Waals surface area contributed by atoms with Crippen LogP contribution in [0.4, 0.5) is 0 Å². The number of rotatable bonds is 3. The minimum absolute atomic E-state index is 0.00717. The van der Waals surface area contributed by atoms with Crippen LogP contribution in [-0.4, -0.2) is 52.8 Å². The molecule has 20 heavy (non-hydrogen) atoms. The molecule has 2 aliphatic heterocycles. The van der Waals surface area contributed by atoms with Gasteiger partial charge in [0.25, 0.3) is 5.91 Å². The van der Waals surface area contributed by atoms with Gasteiger partial charge in [0.15, 0.2) is 5.69 Å². The van der Waals surface area contributed by atoms with E-state index < -0.39 is 0 Å². The first-order chi connectivity index (χ1) is 9.69. The van der Waals surface area contributed by atoms with E-state index in [1.54, 1.807) is 7.11 Å². The molecule has 5 nitrogen and oxygen atoms in total. The normalized spacial score (nSPS) is 27.9. The van der Waals surface area contributed by atoms with Crippen LogP contribution in [0.15, 0.2) is 10.6 Å². The van der Waals surface area contributed by atoms with Crippen LogP contribution in [0.25, 0.3) is 0 Å². The van der Waals surface area contributed by atoms with E-state index in [9.17, 15) is 4.79 Å². The predicted octanol–water partition coefficient (Wildman–Crippen LogP) is 1.90. The van der Waals surface area contributed by atoms with Crippen molar-refractivity contribution in [2.75, 3.05) is 26.0 Å². The van der Waals surface area contributed by atoms with Crippen molar-refractivity contribution in [3.05, 3.63) is 17.5 Å². The molecule has 1 saturated carbocycles. The Morgan fingerprint density at radius 2 is 2.35 bits per heavy atom. The highest BCUT2D eigenvalue weighted by atomic mass is 32.2. The van der Waals surface area contributed by atoms with E-state index in [0.29, 0.717) is 17.7 Å². The Morgan fingerprint density at radius 3 is 3.00 bits per heavy atom. The summed E-state index contributed by atoms with van der Waals surface area (Å²) >= 11 is 1.94. The Balaban J connectivity index is 1.38. The molecule has 0 N–H and O–H groups in total. The zero-order chi connectivity index (χ0) is 13.7. The summed E-state index contributed by atoms with van der Waals surface area (Å²) in [5, 5.41) is 3.93. The topological polar surface area (TPSA) is 55.6 Å². The lowest BCUT2D eigenvalue weighted by molar-refractivity contribution is 0.0443. The van der Waals surface area contributed by atoms with Gasteiger partial charge in [-0.25, -0.2) is 0 Å². The molecule has 0 bridgehead atoms. The van der Waals surface area contributed by atoms with E-state index in [0.717, 1.165) is 43.9 Å². The van der Waals surface area contributed by atoms with Gasteiger partial charge in [-0.05, 0) is 19.3 Å². The molecule has 3 fully saturated rings. The van der Waals surface area contributed by atoms with Crippen LogP contribution >= 0.6 is 11.8 Å². The van der Waals surface area contributed by atoms with E-state index in [1.165, 1.54) is 0 Å². The molecule has 1 atom stereocenters. The number of carbonyl (C=O) groups is 1. The van der Waals surface area contributed by atoms with Crippen molar-refractivity contribution in [2.24, 2.45) is 0 Å². The molecule has 0 radical (unpaired) electrons. The van der Waals surface area contributed by atoms with Crippen LogP contribution in [0.2, 0.25) is 0 Å². The zero-order valence-electron chi connectivity index (χ0n) is 11.5. The molecule has 2 saturated heterocycles. The summed E-state index contributed by atoms with van der Waals surface area (Å²) in [6, 6.07) is 1.82. The number of likely N-dealkylation sites (tertiary alicyclic amines) is 1. The Labute approximate surface area is 122 Å². The quantitative estimate of drug-likeness (QED) is 0.852. The third kappa shape index (κ3) is 2.05. The van der Waals surface area contributed by atoms with Gasteiger partial charge in [-0.3, -0.25) is 4.79 Å². The summed E-state index contributed by atoms with van der Waals surface area (Å²) in [5.74, 6) is 2.42. The number of amides is 1. The third-order valence-electron chi connectivity index (χ3n) is 4.48. The summed E-state index contributed by atoms with van der Waals surface area (Å²) in [5.41, 5.74) is 0.466. The molecule has 3 aliphatic rings.